The third-order valence-corrected chi connectivity index (χ3v) is 11.8. The Morgan fingerprint density at radius 2 is 0.617 bits per heavy atom. The molecule has 0 aliphatic rings. The molecule has 0 saturated carbocycles. The van der Waals surface area contributed by atoms with E-state index < -0.39 is 0 Å². The molecule has 10 aromatic carbocycles. The Morgan fingerprint density at radius 3 is 1.18 bits per heavy atom. The maximum Gasteiger partial charge on any atom is 0.137 e. The van der Waals surface area contributed by atoms with Gasteiger partial charge >= 0.3 is 0 Å². The van der Waals surface area contributed by atoms with E-state index in [0.29, 0.717) is 0 Å². The van der Waals surface area contributed by atoms with Crippen molar-refractivity contribution < 1.29 is 8.83 Å². The van der Waals surface area contributed by atoms with E-state index in [2.05, 4.69) is 204 Å². The zero-order valence-electron chi connectivity index (χ0n) is 32.5. The first-order valence-electron chi connectivity index (χ1n) is 20.3. The minimum Gasteiger partial charge on any atom is -0.456 e. The Bertz CT molecular complexity index is 3550. The van der Waals surface area contributed by atoms with Crippen LogP contribution in [-0.4, -0.2) is 0 Å². The Kier molecular flexibility index (Phi) is 7.82. The second-order valence-electron chi connectivity index (χ2n) is 15.4. The van der Waals surface area contributed by atoms with Gasteiger partial charge < -0.3 is 18.6 Å². The second kappa shape index (κ2) is 13.8. The largest absolute Gasteiger partial charge is 0.456 e. The Labute approximate surface area is 346 Å². The number of anilines is 6. The molecule has 12 aromatic rings. The average molecular weight is 769 g/mol. The molecule has 60 heavy (non-hydrogen) atoms. The number of furan rings is 2. The van der Waals surface area contributed by atoms with E-state index >= 15 is 0 Å². The van der Waals surface area contributed by atoms with Crippen LogP contribution in [0.4, 0.5) is 34.1 Å². The van der Waals surface area contributed by atoms with Crippen LogP contribution in [0.3, 0.4) is 0 Å². The van der Waals surface area contributed by atoms with Crippen molar-refractivity contribution in [3.05, 3.63) is 218 Å². The number of nitrogens with zero attached hydrogens (tertiary/aromatic N) is 2. The maximum absolute atomic E-state index is 6.32. The van der Waals surface area contributed by atoms with Crippen molar-refractivity contribution in [2.45, 2.75) is 0 Å². The summed E-state index contributed by atoms with van der Waals surface area (Å²) >= 11 is 0. The van der Waals surface area contributed by atoms with Crippen molar-refractivity contribution in [1.82, 2.24) is 0 Å². The Hall–Kier alpha value is -8.08. The van der Waals surface area contributed by atoms with Crippen molar-refractivity contribution in [2.75, 3.05) is 9.80 Å². The van der Waals surface area contributed by atoms with Crippen LogP contribution in [0.2, 0.25) is 0 Å². The van der Waals surface area contributed by atoms with E-state index in [-0.39, 0.29) is 0 Å². The van der Waals surface area contributed by atoms with Crippen LogP contribution in [-0.2, 0) is 0 Å². The van der Waals surface area contributed by atoms with Gasteiger partial charge in [-0.3, -0.25) is 0 Å². The minimum absolute atomic E-state index is 0.875. The van der Waals surface area contributed by atoms with E-state index in [4.69, 9.17) is 8.83 Å². The highest BCUT2D eigenvalue weighted by Gasteiger charge is 2.18. The summed E-state index contributed by atoms with van der Waals surface area (Å²) in [6, 6.07) is 77.5. The van der Waals surface area contributed by atoms with Gasteiger partial charge in [0.15, 0.2) is 0 Å². The molecule has 0 saturated heterocycles. The van der Waals surface area contributed by atoms with Gasteiger partial charge in [-0.1, -0.05) is 115 Å². The first-order chi connectivity index (χ1) is 29.7. The highest BCUT2D eigenvalue weighted by molar-refractivity contribution is 6.10. The number of benzene rings is 10. The SMILES string of the molecule is c1ccc(N(c2ccc(-c3ccc4c(ccc5cc(N(c6ccccc6)c6ccc7c(c6)oc6ccccc67)ccc54)c3)cc2)c2ccc3c(c2)oc2ccccc23)cc1. The fraction of sp³-hybridized carbons (Fsp3) is 0. The summed E-state index contributed by atoms with van der Waals surface area (Å²) in [6.45, 7) is 0. The molecule has 2 aromatic heterocycles. The summed E-state index contributed by atoms with van der Waals surface area (Å²) < 4.78 is 12.6. The third kappa shape index (κ3) is 5.69. The third-order valence-electron chi connectivity index (χ3n) is 11.8. The normalized spacial score (nSPS) is 11.7. The summed E-state index contributed by atoms with van der Waals surface area (Å²) in [6.07, 6.45) is 0. The number of hydrogen-bond donors (Lipinski definition) is 0. The molecule has 12 rings (SSSR count). The summed E-state index contributed by atoms with van der Waals surface area (Å²) in [7, 11) is 0. The molecule has 0 fully saturated rings. The molecular formula is C56H36N2O2. The van der Waals surface area contributed by atoms with Crippen molar-refractivity contribution in [3.63, 3.8) is 0 Å². The molecule has 0 spiro atoms. The molecule has 0 radical (unpaired) electrons. The molecule has 0 amide bonds. The van der Waals surface area contributed by atoms with Gasteiger partial charge in [0.25, 0.3) is 0 Å². The van der Waals surface area contributed by atoms with Gasteiger partial charge in [0.2, 0.25) is 0 Å². The molecule has 0 unspecified atom stereocenters. The van der Waals surface area contributed by atoms with E-state index in [1.807, 2.05) is 24.3 Å². The van der Waals surface area contributed by atoms with E-state index in [9.17, 15) is 0 Å². The van der Waals surface area contributed by atoms with Gasteiger partial charge in [0.1, 0.15) is 22.3 Å². The molecule has 282 valence electrons. The zero-order valence-corrected chi connectivity index (χ0v) is 32.5. The zero-order chi connectivity index (χ0) is 39.6. The summed E-state index contributed by atoms with van der Waals surface area (Å²) in [5, 5.41) is 9.34. The molecule has 0 N–H and O–H groups in total. The Morgan fingerprint density at radius 1 is 0.233 bits per heavy atom. The van der Waals surface area contributed by atoms with Crippen molar-refractivity contribution in [2.24, 2.45) is 0 Å². The van der Waals surface area contributed by atoms with Gasteiger partial charge in [0, 0.05) is 67.8 Å². The molecule has 4 nitrogen and oxygen atoms in total. The smallest absolute Gasteiger partial charge is 0.137 e. The van der Waals surface area contributed by atoms with Crippen LogP contribution < -0.4 is 9.80 Å². The topological polar surface area (TPSA) is 32.8 Å². The van der Waals surface area contributed by atoms with Crippen LogP contribution in [0, 0.1) is 0 Å². The van der Waals surface area contributed by atoms with Crippen molar-refractivity contribution in [1.29, 1.82) is 0 Å². The van der Waals surface area contributed by atoms with Gasteiger partial charge in [0.05, 0.1) is 0 Å². The van der Waals surface area contributed by atoms with Crippen molar-refractivity contribution in [3.8, 4) is 11.1 Å². The number of hydrogen-bond acceptors (Lipinski definition) is 4. The lowest BCUT2D eigenvalue weighted by Gasteiger charge is -2.26. The lowest BCUT2D eigenvalue weighted by Crippen LogP contribution is -2.09. The van der Waals surface area contributed by atoms with Crippen LogP contribution in [0.15, 0.2) is 227 Å². The molecule has 0 aliphatic carbocycles. The fourth-order valence-corrected chi connectivity index (χ4v) is 8.94. The van der Waals surface area contributed by atoms with Gasteiger partial charge in [-0.05, 0) is 124 Å². The molecule has 2 heterocycles. The monoisotopic (exact) mass is 768 g/mol. The van der Waals surface area contributed by atoms with Gasteiger partial charge in [-0.15, -0.1) is 0 Å². The molecule has 0 bridgehead atoms. The molecule has 0 aliphatic heterocycles. The fourth-order valence-electron chi connectivity index (χ4n) is 8.94. The Balaban J connectivity index is 0.883. The maximum atomic E-state index is 6.32. The predicted molar refractivity (Wildman–Crippen MR) is 251 cm³/mol. The summed E-state index contributed by atoms with van der Waals surface area (Å²) in [4.78, 5) is 4.59. The average Bonchev–Trinajstić information content (AvgIpc) is 3.87. The van der Waals surface area contributed by atoms with Crippen LogP contribution >= 0.6 is 0 Å². The molecular weight excluding hydrogens is 733 g/mol. The van der Waals surface area contributed by atoms with Crippen LogP contribution in [0.1, 0.15) is 0 Å². The standard InChI is InChI=1S/C56H36N2O2/c1-3-11-41(12-4-1)57(45-27-31-51-49-15-7-9-17-53(49)59-55(51)35-45)43-24-21-37(22-25-43)38-23-29-47-39(33-38)19-20-40-34-44(26-30-48(40)47)58(42-13-5-2-6-14-42)46-28-32-52-50-16-8-10-18-54(50)60-56(52)36-46/h1-36H. The van der Waals surface area contributed by atoms with Gasteiger partial charge in [-0.25, -0.2) is 0 Å². The van der Waals surface area contributed by atoms with E-state index in [1.54, 1.807) is 0 Å². The van der Waals surface area contributed by atoms with Crippen LogP contribution in [0.25, 0.3) is 76.5 Å². The first-order valence-corrected chi connectivity index (χ1v) is 20.3. The lowest BCUT2D eigenvalue weighted by molar-refractivity contribution is 0.668. The highest BCUT2D eigenvalue weighted by Crippen LogP contribution is 2.42. The first kappa shape index (κ1) is 34.0. The summed E-state index contributed by atoms with van der Waals surface area (Å²) in [5.41, 5.74) is 12.3. The van der Waals surface area contributed by atoms with Gasteiger partial charge in [-0.2, -0.15) is 0 Å². The number of fused-ring (bicyclic) bond motifs is 9. The second-order valence-corrected chi connectivity index (χ2v) is 15.4. The highest BCUT2D eigenvalue weighted by atomic mass is 16.3. The number of para-hydroxylation sites is 4. The minimum atomic E-state index is 0.875. The van der Waals surface area contributed by atoms with E-state index in [0.717, 1.165) is 83.6 Å². The number of rotatable bonds is 7. The molecule has 0 atom stereocenters. The summed E-state index contributed by atoms with van der Waals surface area (Å²) in [5.74, 6) is 0. The van der Waals surface area contributed by atoms with Crippen LogP contribution in [0.5, 0.6) is 0 Å². The quantitative estimate of drug-likeness (QED) is 0.151. The molecule has 4 heteroatoms. The predicted octanol–water partition coefficient (Wildman–Crippen LogP) is 16.4. The van der Waals surface area contributed by atoms with Crippen molar-refractivity contribution >= 4 is 99.5 Å². The lowest BCUT2D eigenvalue weighted by atomic mass is 9.96. The van der Waals surface area contributed by atoms with E-state index in [1.165, 1.54) is 27.1 Å².